The van der Waals surface area contributed by atoms with E-state index in [1.54, 1.807) is 6.19 Å². The summed E-state index contributed by atoms with van der Waals surface area (Å²) >= 11 is 0. The molecule has 2 aromatic rings. The van der Waals surface area contributed by atoms with Crippen LogP contribution in [0.1, 0.15) is 43.7 Å². The van der Waals surface area contributed by atoms with Crippen LogP contribution < -0.4 is 10.2 Å². The number of benzene rings is 1. The third-order valence-corrected chi connectivity index (χ3v) is 10.4. The molecular formula is C26H27F8N5O4S2. The molecule has 3 atom stereocenters. The number of halogens is 8. The molecule has 1 aromatic heterocycles. The fraction of sp³-hybridized carbons (Fsp3) is 0.462. The molecule has 1 saturated heterocycles. The normalized spacial score (nSPS) is 22.9. The number of rotatable bonds is 8. The fourth-order valence-electron chi connectivity index (χ4n) is 5.34. The SMILES string of the molecule is CS(=O)(=O)C1CC(C(=O)N(c2ccc(S(F)(F)(F)(F)F)cc2)C(C(=O)NC2CCC(F)(F)CC2)c2cncc(F)c2)N(C#N)C1. The van der Waals surface area contributed by atoms with Gasteiger partial charge >= 0.3 is 10.2 Å². The first-order chi connectivity index (χ1) is 20.5. The van der Waals surface area contributed by atoms with Gasteiger partial charge in [-0.05, 0) is 49.6 Å². The molecule has 0 spiro atoms. The van der Waals surface area contributed by atoms with Crippen molar-refractivity contribution in [3.05, 3.63) is 54.1 Å². The molecule has 0 bridgehead atoms. The first kappa shape index (κ1) is 34.2. The van der Waals surface area contributed by atoms with Crippen molar-refractivity contribution < 1.29 is 50.6 Å². The van der Waals surface area contributed by atoms with Gasteiger partial charge in [0.15, 0.2) is 16.0 Å². The number of carbonyl (C=O) groups excluding carboxylic acids is 2. The van der Waals surface area contributed by atoms with Crippen LogP contribution in [-0.2, 0) is 19.4 Å². The second-order valence-corrected chi connectivity index (χ2v) is 15.8. The summed E-state index contributed by atoms with van der Waals surface area (Å²) in [5, 5.41) is 10.9. The standard InChI is InChI=1S/C26H27F8N5O4S2/c1-44(42,43)20-11-22(38(14-20)15-35)25(41)39(19-2-4-21(5-3-19)45(30,31,32,33)34)23(16-10-17(27)13-36-12-16)24(40)37-18-6-8-26(28,29)9-7-18/h2-5,10,12-13,18,20,22-23H,6-9,11,14H2,1H3,(H,37,40). The largest absolute Gasteiger partial charge is 0.351 e. The van der Waals surface area contributed by atoms with Crippen LogP contribution in [0.25, 0.3) is 0 Å². The average Bonchev–Trinajstić information content (AvgIpc) is 3.37. The third-order valence-electron chi connectivity index (χ3n) is 7.69. The molecule has 1 saturated carbocycles. The van der Waals surface area contributed by atoms with Gasteiger partial charge < -0.3 is 5.32 Å². The Kier molecular flexibility index (Phi) is 8.36. The highest BCUT2D eigenvalue weighted by Gasteiger charge is 2.65. The molecule has 2 heterocycles. The van der Waals surface area contributed by atoms with Gasteiger partial charge in [0.05, 0.1) is 11.4 Å². The maximum atomic E-state index is 14.4. The van der Waals surface area contributed by atoms with Crippen LogP contribution >= 0.6 is 10.2 Å². The molecule has 1 aromatic carbocycles. The number of nitrogens with one attached hydrogen (secondary N) is 1. The summed E-state index contributed by atoms with van der Waals surface area (Å²) in [6.45, 7) is -0.447. The molecule has 0 radical (unpaired) electrons. The minimum absolute atomic E-state index is 0.0187. The molecule has 248 valence electrons. The number of aromatic nitrogens is 1. The zero-order valence-electron chi connectivity index (χ0n) is 23.4. The lowest BCUT2D eigenvalue weighted by Gasteiger charge is -2.41. The number of hydrogen-bond acceptors (Lipinski definition) is 7. The van der Waals surface area contributed by atoms with Crippen LogP contribution in [0.15, 0.2) is 47.6 Å². The summed E-state index contributed by atoms with van der Waals surface area (Å²) in [7, 11) is -14.0. The van der Waals surface area contributed by atoms with Crippen LogP contribution in [0.3, 0.4) is 0 Å². The van der Waals surface area contributed by atoms with Gasteiger partial charge in [-0.2, -0.15) is 5.26 Å². The molecule has 1 aliphatic heterocycles. The Bertz CT molecular complexity index is 1630. The maximum absolute atomic E-state index is 14.4. The number of carbonyl (C=O) groups is 2. The second-order valence-electron chi connectivity index (χ2n) is 11.1. The highest BCUT2D eigenvalue weighted by Crippen LogP contribution is 3.02. The zero-order chi connectivity index (χ0) is 33.7. The van der Waals surface area contributed by atoms with Gasteiger partial charge in [-0.25, -0.2) is 21.6 Å². The Hall–Kier alpha value is -3.66. The van der Waals surface area contributed by atoms with Gasteiger partial charge in [-0.1, -0.05) is 19.4 Å². The first-order valence-electron chi connectivity index (χ1n) is 13.3. The summed E-state index contributed by atoms with van der Waals surface area (Å²) in [6, 6.07) is -2.76. The number of pyridine rings is 1. The lowest BCUT2D eigenvalue weighted by molar-refractivity contribution is -0.129. The van der Waals surface area contributed by atoms with Gasteiger partial charge in [-0.3, -0.25) is 24.4 Å². The van der Waals surface area contributed by atoms with Crippen molar-refractivity contribution in [2.75, 3.05) is 17.7 Å². The number of amides is 2. The molecule has 4 rings (SSSR count). The predicted octanol–water partition coefficient (Wildman–Crippen LogP) is 5.62. The average molecular weight is 690 g/mol. The number of hydrogen-bond donors (Lipinski definition) is 1. The molecule has 3 unspecified atom stereocenters. The fourth-order valence-corrected chi connectivity index (χ4v) is 6.95. The lowest BCUT2D eigenvalue weighted by atomic mass is 9.91. The van der Waals surface area contributed by atoms with Gasteiger partial charge in [0.2, 0.25) is 11.8 Å². The molecule has 9 nitrogen and oxygen atoms in total. The van der Waals surface area contributed by atoms with E-state index in [1.807, 2.05) is 0 Å². The molecule has 19 heteroatoms. The number of nitriles is 1. The van der Waals surface area contributed by atoms with E-state index in [0.29, 0.717) is 17.0 Å². The van der Waals surface area contributed by atoms with E-state index in [1.165, 1.54) is 0 Å². The Morgan fingerprint density at radius 3 is 2.22 bits per heavy atom. The Morgan fingerprint density at radius 2 is 1.71 bits per heavy atom. The molecule has 2 amide bonds. The van der Waals surface area contributed by atoms with Crippen molar-refractivity contribution in [1.29, 1.82) is 5.26 Å². The van der Waals surface area contributed by atoms with E-state index in [4.69, 9.17) is 0 Å². The Labute approximate surface area is 252 Å². The van der Waals surface area contributed by atoms with Gasteiger partial charge in [0.1, 0.15) is 22.8 Å². The van der Waals surface area contributed by atoms with Crippen molar-refractivity contribution in [2.24, 2.45) is 0 Å². The maximum Gasteiger partial charge on any atom is 0.310 e. The van der Waals surface area contributed by atoms with Crippen molar-refractivity contribution in [3.8, 4) is 6.19 Å². The zero-order valence-corrected chi connectivity index (χ0v) is 25.0. The summed E-state index contributed by atoms with van der Waals surface area (Å²) in [6.07, 6.45) is 2.16. The number of alkyl halides is 2. The van der Waals surface area contributed by atoms with E-state index < -0.39 is 103 Å². The van der Waals surface area contributed by atoms with Crippen molar-refractivity contribution in [3.63, 3.8) is 0 Å². The van der Waals surface area contributed by atoms with E-state index in [2.05, 4.69) is 10.3 Å². The quantitative estimate of drug-likeness (QED) is 0.282. The highest BCUT2D eigenvalue weighted by molar-refractivity contribution is 8.45. The van der Waals surface area contributed by atoms with Crippen molar-refractivity contribution in [2.45, 2.75) is 66.3 Å². The number of anilines is 1. The summed E-state index contributed by atoms with van der Waals surface area (Å²) in [5.74, 6) is -6.31. The van der Waals surface area contributed by atoms with Gasteiger partial charge in [0, 0.05) is 49.1 Å². The predicted molar refractivity (Wildman–Crippen MR) is 147 cm³/mol. The second kappa shape index (κ2) is 11.0. The minimum atomic E-state index is -10.2. The molecular weight excluding hydrogens is 662 g/mol. The van der Waals surface area contributed by atoms with Crippen LogP contribution in [0.4, 0.5) is 38.3 Å². The lowest BCUT2D eigenvalue weighted by Crippen LogP contribution is -2.52. The van der Waals surface area contributed by atoms with Crippen molar-refractivity contribution >= 4 is 37.6 Å². The summed E-state index contributed by atoms with van der Waals surface area (Å²) in [5.41, 5.74) is -0.925. The number of nitrogens with zero attached hydrogens (tertiary/aromatic N) is 4. The molecule has 1 N–H and O–H groups in total. The van der Waals surface area contributed by atoms with E-state index in [9.17, 15) is 55.9 Å². The minimum Gasteiger partial charge on any atom is -0.351 e. The monoisotopic (exact) mass is 689 g/mol. The molecule has 1 aliphatic carbocycles. The Morgan fingerprint density at radius 1 is 1.11 bits per heavy atom. The smallest absolute Gasteiger partial charge is 0.310 e. The Balaban J connectivity index is 1.85. The number of likely N-dealkylation sites (tertiary alicyclic amines) is 1. The van der Waals surface area contributed by atoms with E-state index in [-0.39, 0.29) is 30.5 Å². The first-order valence-corrected chi connectivity index (χ1v) is 17.2. The molecule has 2 fully saturated rings. The highest BCUT2D eigenvalue weighted by atomic mass is 32.5. The summed E-state index contributed by atoms with van der Waals surface area (Å²) in [4.78, 5) is 30.6. The van der Waals surface area contributed by atoms with Crippen LogP contribution in [0.2, 0.25) is 0 Å². The van der Waals surface area contributed by atoms with Gasteiger partial charge in [0.25, 0.3) is 5.91 Å². The van der Waals surface area contributed by atoms with E-state index >= 15 is 0 Å². The number of sulfone groups is 1. The van der Waals surface area contributed by atoms with E-state index in [0.717, 1.165) is 29.6 Å². The molecule has 2 aliphatic rings. The topological polar surface area (TPSA) is 123 Å². The van der Waals surface area contributed by atoms with Crippen molar-refractivity contribution in [1.82, 2.24) is 15.2 Å². The van der Waals surface area contributed by atoms with Crippen LogP contribution in [0.5, 0.6) is 0 Å². The van der Waals surface area contributed by atoms with Gasteiger partial charge in [-0.15, -0.1) is 0 Å². The summed E-state index contributed by atoms with van der Waals surface area (Å²) < 4.78 is 134. The third kappa shape index (κ3) is 7.95. The van der Waals surface area contributed by atoms with Crippen LogP contribution in [0, 0.1) is 17.3 Å². The molecule has 45 heavy (non-hydrogen) atoms. The van der Waals surface area contributed by atoms with Crippen LogP contribution in [-0.4, -0.2) is 66.2 Å².